The van der Waals surface area contributed by atoms with Gasteiger partial charge < -0.3 is 25.8 Å². The highest BCUT2D eigenvalue weighted by Crippen LogP contribution is 2.34. The number of rotatable bonds is 9. The van der Waals surface area contributed by atoms with Crippen molar-refractivity contribution in [3.05, 3.63) is 53.3 Å². The van der Waals surface area contributed by atoms with Gasteiger partial charge in [-0.15, -0.1) is 6.42 Å². The van der Waals surface area contributed by atoms with Crippen LogP contribution in [0.3, 0.4) is 0 Å². The van der Waals surface area contributed by atoms with Crippen molar-refractivity contribution < 1.29 is 15.0 Å². The number of hydrogen-bond donors (Lipinski definition) is 4. The molecule has 5 N–H and O–H groups in total. The number of nitrogens with one attached hydrogen (secondary N) is 1. The zero-order chi connectivity index (χ0) is 31.6. The fourth-order valence-electron chi connectivity index (χ4n) is 5.12. The Morgan fingerprint density at radius 3 is 2.45 bits per heavy atom. The number of carbonyl (C=O) groups excluding carboxylic acids is 1. The van der Waals surface area contributed by atoms with Crippen LogP contribution in [-0.2, 0) is 17.8 Å². The van der Waals surface area contributed by atoms with Gasteiger partial charge in [0.15, 0.2) is 5.82 Å². The maximum Gasteiger partial charge on any atom is 0.296 e. The number of fused-ring (bicyclic) bond motifs is 3. The molecule has 2 aromatic carbocycles. The van der Waals surface area contributed by atoms with Crippen LogP contribution in [0.15, 0.2) is 36.4 Å². The zero-order valence-corrected chi connectivity index (χ0v) is 26.4. The lowest BCUT2D eigenvalue weighted by molar-refractivity contribution is -0.117. The van der Waals surface area contributed by atoms with Gasteiger partial charge in [-0.25, -0.2) is 9.97 Å². The molecule has 0 spiro atoms. The van der Waals surface area contributed by atoms with E-state index in [1.54, 1.807) is 6.07 Å². The number of unbranched alkanes of at least 4 members (excludes halogenated alkanes) is 1. The molecule has 2 heterocycles. The van der Waals surface area contributed by atoms with Gasteiger partial charge in [0, 0.05) is 22.9 Å². The predicted molar refractivity (Wildman–Crippen MR) is 174 cm³/mol. The number of imidazole rings is 1. The lowest BCUT2D eigenvalue weighted by Crippen LogP contribution is -2.43. The average Bonchev–Trinajstić information content (AvgIpc) is 3.33. The summed E-state index contributed by atoms with van der Waals surface area (Å²) in [5, 5.41) is 24.3. The number of nitrogens with zero attached hydrogens (tertiary/aromatic N) is 3. The Bertz CT molecular complexity index is 1550. The van der Waals surface area contributed by atoms with Gasteiger partial charge in [-0.3, -0.25) is 4.79 Å². The number of aryl methyl sites for hydroxylation is 1. The van der Waals surface area contributed by atoms with Crippen LogP contribution in [0, 0.1) is 12.3 Å². The fourth-order valence-corrected chi connectivity index (χ4v) is 5.12. The molecule has 0 aliphatic heterocycles. The van der Waals surface area contributed by atoms with Crippen LogP contribution in [0.4, 0.5) is 5.82 Å². The van der Waals surface area contributed by atoms with E-state index < -0.39 is 11.4 Å². The number of benzene rings is 2. The third-order valence-electron chi connectivity index (χ3n) is 6.92. The Morgan fingerprint density at radius 2 is 1.81 bits per heavy atom. The van der Waals surface area contributed by atoms with Crippen LogP contribution in [0.25, 0.3) is 21.9 Å². The highest BCUT2D eigenvalue weighted by molar-refractivity contribution is 6.06. The summed E-state index contributed by atoms with van der Waals surface area (Å²) in [6, 6.07) is 10.7. The molecule has 0 bridgehead atoms. The Kier molecular flexibility index (Phi) is 12.2. The highest BCUT2D eigenvalue weighted by atomic mass is 16.3. The summed E-state index contributed by atoms with van der Waals surface area (Å²) < 4.78 is 2.07. The van der Waals surface area contributed by atoms with E-state index in [0.717, 1.165) is 47.1 Å². The number of phenols is 2. The molecule has 1 amide bonds. The number of phenolic OH excluding ortho intramolecular Hbond substituents is 2. The average molecular weight is 574 g/mol. The van der Waals surface area contributed by atoms with E-state index in [2.05, 4.69) is 35.7 Å². The van der Waals surface area contributed by atoms with Crippen molar-refractivity contribution in [1.82, 2.24) is 19.9 Å². The van der Waals surface area contributed by atoms with E-state index >= 15 is 0 Å². The van der Waals surface area contributed by atoms with Gasteiger partial charge in [0.1, 0.15) is 22.8 Å². The van der Waals surface area contributed by atoms with Gasteiger partial charge in [0.25, 0.3) is 5.91 Å². The quantitative estimate of drug-likeness (QED) is 0.126. The molecule has 0 aliphatic carbocycles. The largest absolute Gasteiger partial charge is 0.508 e. The van der Waals surface area contributed by atoms with Crippen molar-refractivity contribution in [3.8, 4) is 23.8 Å². The van der Waals surface area contributed by atoms with E-state index in [-0.39, 0.29) is 17.4 Å². The van der Waals surface area contributed by atoms with E-state index in [4.69, 9.17) is 22.1 Å². The lowest BCUT2D eigenvalue weighted by Gasteiger charge is -2.28. The maximum atomic E-state index is 11.7. The number of terminal acetylenes is 1. The number of hydrogen-bond acceptors (Lipinski definition) is 6. The molecule has 1 unspecified atom stereocenters. The molecule has 0 saturated carbocycles. The van der Waals surface area contributed by atoms with Crippen LogP contribution in [0.1, 0.15) is 97.5 Å². The molecule has 4 rings (SSSR count). The second-order valence-electron chi connectivity index (χ2n) is 10.6. The summed E-state index contributed by atoms with van der Waals surface area (Å²) in [7, 11) is 0. The van der Waals surface area contributed by atoms with Crippen molar-refractivity contribution in [3.63, 3.8) is 0 Å². The van der Waals surface area contributed by atoms with Crippen molar-refractivity contribution in [2.75, 3.05) is 5.73 Å². The maximum absolute atomic E-state index is 11.7. The first kappa shape index (κ1) is 34.0. The van der Waals surface area contributed by atoms with Crippen molar-refractivity contribution in [1.29, 1.82) is 0 Å². The number of carbonyl (C=O) groups is 1. The smallest absolute Gasteiger partial charge is 0.296 e. The molecule has 0 fully saturated rings. The van der Waals surface area contributed by atoms with E-state index in [1.807, 2.05) is 53.7 Å². The first-order chi connectivity index (χ1) is 20.0. The minimum atomic E-state index is -0.482. The second-order valence-corrected chi connectivity index (χ2v) is 10.6. The van der Waals surface area contributed by atoms with Gasteiger partial charge in [0.05, 0.1) is 17.6 Å². The third kappa shape index (κ3) is 7.94. The van der Waals surface area contributed by atoms with Gasteiger partial charge in [-0.05, 0) is 68.4 Å². The number of amides is 1. The van der Waals surface area contributed by atoms with Crippen molar-refractivity contribution in [2.45, 2.75) is 99.1 Å². The summed E-state index contributed by atoms with van der Waals surface area (Å²) in [5.41, 5.74) is 9.83. The van der Waals surface area contributed by atoms with Crippen molar-refractivity contribution in [2.24, 2.45) is 0 Å². The topological polar surface area (TPSA) is 126 Å². The predicted octanol–water partition coefficient (Wildman–Crippen LogP) is 7.04. The monoisotopic (exact) mass is 573 g/mol. The molecular weight excluding hydrogens is 526 g/mol. The fraction of sp³-hybridized carbons (Fsp3) is 0.441. The first-order valence-corrected chi connectivity index (χ1v) is 14.9. The molecule has 226 valence electrons. The Labute approximate surface area is 250 Å². The van der Waals surface area contributed by atoms with E-state index in [9.17, 15) is 15.0 Å². The third-order valence-corrected chi connectivity index (χ3v) is 6.92. The number of aromatic nitrogens is 3. The summed E-state index contributed by atoms with van der Waals surface area (Å²) in [4.78, 5) is 21.3. The SMILES string of the molecule is C#CC(=O)NC(C)(C)CC(C)c1ccc2c(c1)nc(N)c1nc(CCCC)n(Cc3cc(O)ccc3O)c12.CC.CC. The minimum absolute atomic E-state index is 0.0864. The number of nitrogen functional groups attached to an aromatic ring is 1. The molecule has 4 aromatic rings. The number of nitrogens with two attached hydrogens (primary N) is 1. The van der Waals surface area contributed by atoms with E-state index in [0.29, 0.717) is 29.9 Å². The molecule has 42 heavy (non-hydrogen) atoms. The molecule has 0 saturated heterocycles. The zero-order valence-electron chi connectivity index (χ0n) is 26.4. The lowest BCUT2D eigenvalue weighted by atomic mass is 9.86. The summed E-state index contributed by atoms with van der Waals surface area (Å²) >= 11 is 0. The summed E-state index contributed by atoms with van der Waals surface area (Å²) in [6.45, 7) is 16.5. The Morgan fingerprint density at radius 1 is 1.12 bits per heavy atom. The number of anilines is 1. The standard InChI is InChI=1S/C30H35N5O3.2C2H6/c1-6-8-9-25-33-27-28(35(25)17-20-14-21(36)11-13-24(20)37)22-12-10-19(15-23(22)32-29(27)31)18(3)16-30(4,5)34-26(38)7-2;2*1-2/h2,10-15,18,36-37H,6,8-9,16-17H2,1,3-5H3,(H2,31,32)(H,34,38);2*1-2H3. The van der Waals surface area contributed by atoms with Crippen LogP contribution in [-0.4, -0.2) is 36.2 Å². The summed E-state index contributed by atoms with van der Waals surface area (Å²) in [5.74, 6) is 3.19. The van der Waals surface area contributed by atoms with Gasteiger partial charge in [-0.1, -0.05) is 60.1 Å². The minimum Gasteiger partial charge on any atom is -0.508 e. The molecule has 0 radical (unpaired) electrons. The Hall–Kier alpha value is -4.25. The molecule has 1 atom stereocenters. The summed E-state index contributed by atoms with van der Waals surface area (Å²) in [6.07, 6.45) is 8.62. The molecule has 8 heteroatoms. The number of aromatic hydroxyl groups is 2. The van der Waals surface area contributed by atoms with Crippen LogP contribution < -0.4 is 11.1 Å². The van der Waals surface area contributed by atoms with Crippen molar-refractivity contribution >= 4 is 33.7 Å². The normalized spacial score (nSPS) is 11.6. The number of pyridine rings is 1. The van der Waals surface area contributed by atoms with Crippen LogP contribution in [0.2, 0.25) is 0 Å². The molecule has 2 aromatic heterocycles. The van der Waals surface area contributed by atoms with Gasteiger partial charge >= 0.3 is 0 Å². The highest BCUT2D eigenvalue weighted by Gasteiger charge is 2.24. The Balaban J connectivity index is 0.00000148. The van der Waals surface area contributed by atoms with Crippen LogP contribution >= 0.6 is 0 Å². The van der Waals surface area contributed by atoms with Gasteiger partial charge in [0.2, 0.25) is 0 Å². The van der Waals surface area contributed by atoms with Crippen LogP contribution in [0.5, 0.6) is 11.5 Å². The first-order valence-electron chi connectivity index (χ1n) is 14.9. The van der Waals surface area contributed by atoms with E-state index in [1.165, 1.54) is 12.1 Å². The molecule has 0 aliphatic rings. The molecular formula is C34H47N5O3. The second kappa shape index (κ2) is 15.1. The molecule has 8 nitrogen and oxygen atoms in total. The van der Waals surface area contributed by atoms with Gasteiger partial charge in [-0.2, -0.15) is 0 Å².